The van der Waals surface area contributed by atoms with Crippen molar-refractivity contribution >= 4 is 12.0 Å². The van der Waals surface area contributed by atoms with E-state index < -0.39 is 0 Å². The van der Waals surface area contributed by atoms with Gasteiger partial charge in [-0.2, -0.15) is 0 Å². The minimum absolute atomic E-state index is 0.00584. The van der Waals surface area contributed by atoms with Crippen LogP contribution in [0.5, 0.6) is 0 Å². The van der Waals surface area contributed by atoms with Crippen molar-refractivity contribution in [3.63, 3.8) is 0 Å². The number of carbonyl (C=O) groups excluding carboxylic acids is 1. The molecule has 0 aromatic carbocycles. The van der Waals surface area contributed by atoms with Gasteiger partial charge in [-0.25, -0.2) is 0 Å². The molecule has 0 atom stereocenters. The third-order valence-corrected chi connectivity index (χ3v) is 4.13. The number of morpholine rings is 1. The second kappa shape index (κ2) is 7.18. The van der Waals surface area contributed by atoms with Gasteiger partial charge in [-0.1, -0.05) is 13.8 Å². The summed E-state index contributed by atoms with van der Waals surface area (Å²) in [5, 5.41) is 9.98. The highest BCUT2D eigenvalue weighted by Crippen LogP contribution is 2.35. The number of Topliss-reactive ketones (excluding diaryl/α,β-unsaturated/α-hetero) is 1. The van der Waals surface area contributed by atoms with Crippen LogP contribution in [0.25, 0.3) is 0 Å². The molecule has 5 heteroatoms. The van der Waals surface area contributed by atoms with E-state index in [1.54, 1.807) is 11.1 Å². The molecule has 1 saturated heterocycles. The fraction of sp³-hybridized carbons (Fsp3) is 0.750. The third kappa shape index (κ3) is 4.93. The summed E-state index contributed by atoms with van der Waals surface area (Å²) in [5.74, 6) is 0.199. The van der Waals surface area contributed by atoms with Gasteiger partial charge >= 0.3 is 0 Å². The molecule has 1 fully saturated rings. The summed E-state index contributed by atoms with van der Waals surface area (Å²) in [7, 11) is 0. The lowest BCUT2D eigenvalue weighted by molar-refractivity contribution is -0.908. The maximum atomic E-state index is 12.0. The number of ether oxygens (including phenoxy) is 1. The maximum Gasteiger partial charge on any atom is 0.168 e. The van der Waals surface area contributed by atoms with Crippen LogP contribution in [-0.2, 0) is 9.53 Å². The summed E-state index contributed by atoms with van der Waals surface area (Å²) < 4.78 is 5.33. The van der Waals surface area contributed by atoms with Gasteiger partial charge in [0.15, 0.2) is 5.78 Å². The Morgan fingerprint density at radius 2 is 2.05 bits per heavy atom. The molecule has 2 N–H and O–H groups in total. The number of nitrogens with one attached hydrogen (secondary N) is 1. The van der Waals surface area contributed by atoms with E-state index in [-0.39, 0.29) is 17.0 Å². The molecule has 1 aliphatic heterocycles. The molecule has 0 aromatic rings. The first kappa shape index (κ1) is 16.2. The van der Waals surface area contributed by atoms with Crippen molar-refractivity contribution in [3.05, 3.63) is 11.3 Å². The van der Waals surface area contributed by atoms with Crippen molar-refractivity contribution in [3.8, 4) is 0 Å². The molecule has 0 amide bonds. The SMILES string of the molecule is CC1(C)CC(=O)C(C=NCCC[NH+]2CCOCC2)=C(O)C1. The zero-order chi connectivity index (χ0) is 15.3. The number of aliphatic hydroxyl groups excluding tert-OH is 1. The number of allylic oxidation sites excluding steroid dienone is 2. The molecule has 21 heavy (non-hydrogen) atoms. The van der Waals surface area contributed by atoms with Gasteiger partial charge in [0, 0.05) is 32.0 Å². The average Bonchev–Trinajstić information content (AvgIpc) is 2.41. The topological polar surface area (TPSA) is 63.3 Å². The molecule has 2 aliphatic rings. The minimum atomic E-state index is -0.141. The average molecular weight is 295 g/mol. The maximum absolute atomic E-state index is 12.0. The number of nitrogens with zero attached hydrogens (tertiary/aromatic N) is 1. The molecule has 1 heterocycles. The number of quaternary nitrogens is 1. The highest BCUT2D eigenvalue weighted by Gasteiger charge is 2.32. The van der Waals surface area contributed by atoms with Crippen molar-refractivity contribution < 1.29 is 19.5 Å². The number of aliphatic hydroxyl groups is 1. The zero-order valence-electron chi connectivity index (χ0n) is 13.2. The second-order valence-electron chi connectivity index (χ2n) is 6.80. The summed E-state index contributed by atoms with van der Waals surface area (Å²) in [6.07, 6.45) is 3.61. The number of carbonyl (C=O) groups is 1. The molecular weight excluding hydrogens is 268 g/mol. The van der Waals surface area contributed by atoms with Crippen LogP contribution in [0.3, 0.4) is 0 Å². The monoisotopic (exact) mass is 295 g/mol. The van der Waals surface area contributed by atoms with Crippen molar-refractivity contribution in [1.82, 2.24) is 0 Å². The van der Waals surface area contributed by atoms with Gasteiger partial charge in [-0.15, -0.1) is 0 Å². The van der Waals surface area contributed by atoms with E-state index in [2.05, 4.69) is 4.99 Å². The Hall–Kier alpha value is -1.20. The van der Waals surface area contributed by atoms with Crippen LogP contribution < -0.4 is 4.90 Å². The van der Waals surface area contributed by atoms with Crippen molar-refractivity contribution in [1.29, 1.82) is 0 Å². The normalized spacial score (nSPS) is 24.0. The van der Waals surface area contributed by atoms with E-state index in [0.29, 0.717) is 25.0 Å². The number of hydrogen-bond donors (Lipinski definition) is 2. The fourth-order valence-electron chi connectivity index (χ4n) is 2.93. The largest absolute Gasteiger partial charge is 0.511 e. The van der Waals surface area contributed by atoms with E-state index in [4.69, 9.17) is 4.74 Å². The van der Waals surface area contributed by atoms with Gasteiger partial charge in [-0.05, 0) is 5.41 Å². The Kier molecular flexibility index (Phi) is 5.53. The molecular formula is C16H27N2O3+. The molecule has 0 aromatic heterocycles. The Morgan fingerprint density at radius 3 is 2.71 bits per heavy atom. The molecule has 0 radical (unpaired) electrons. The Bertz CT molecular complexity index is 435. The van der Waals surface area contributed by atoms with E-state index >= 15 is 0 Å². The van der Waals surface area contributed by atoms with E-state index in [0.717, 1.165) is 39.3 Å². The summed E-state index contributed by atoms with van der Waals surface area (Å²) >= 11 is 0. The van der Waals surface area contributed by atoms with Gasteiger partial charge in [0.05, 0.1) is 25.3 Å². The standard InChI is InChI=1S/C16H26N2O3/c1-16(2)10-14(19)13(15(20)11-16)12-17-4-3-5-18-6-8-21-9-7-18/h12,19H,3-11H2,1-2H3/p+1. The number of rotatable bonds is 5. The first-order valence-corrected chi connectivity index (χ1v) is 7.84. The Labute approximate surface area is 126 Å². The zero-order valence-corrected chi connectivity index (χ0v) is 13.2. The molecule has 5 nitrogen and oxygen atoms in total. The molecule has 0 bridgehead atoms. The van der Waals surface area contributed by atoms with Crippen LogP contribution in [0.1, 0.15) is 33.1 Å². The predicted molar refractivity (Wildman–Crippen MR) is 82.0 cm³/mol. The number of ketones is 1. The fourth-order valence-corrected chi connectivity index (χ4v) is 2.93. The predicted octanol–water partition coefficient (Wildman–Crippen LogP) is 0.564. The molecule has 118 valence electrons. The van der Waals surface area contributed by atoms with Crippen LogP contribution in [0.4, 0.5) is 0 Å². The van der Waals surface area contributed by atoms with Gasteiger partial charge in [0.2, 0.25) is 0 Å². The van der Waals surface area contributed by atoms with Gasteiger partial charge in [0.25, 0.3) is 0 Å². The first-order chi connectivity index (χ1) is 9.98. The third-order valence-electron chi connectivity index (χ3n) is 4.13. The highest BCUT2D eigenvalue weighted by atomic mass is 16.5. The van der Waals surface area contributed by atoms with Gasteiger partial charge in [-0.3, -0.25) is 9.79 Å². The Morgan fingerprint density at radius 1 is 1.33 bits per heavy atom. The molecule has 0 spiro atoms. The Balaban J connectivity index is 1.77. The minimum Gasteiger partial charge on any atom is -0.511 e. The van der Waals surface area contributed by atoms with Gasteiger partial charge in [0.1, 0.15) is 18.8 Å². The number of hydrogen-bond acceptors (Lipinski definition) is 4. The molecule has 2 rings (SSSR count). The highest BCUT2D eigenvalue weighted by molar-refractivity contribution is 6.14. The van der Waals surface area contributed by atoms with Crippen LogP contribution >= 0.6 is 0 Å². The van der Waals surface area contributed by atoms with Crippen LogP contribution in [0.15, 0.2) is 16.3 Å². The summed E-state index contributed by atoms with van der Waals surface area (Å²) in [6.45, 7) is 9.64. The van der Waals surface area contributed by atoms with Gasteiger partial charge < -0.3 is 14.7 Å². The summed E-state index contributed by atoms with van der Waals surface area (Å²) in [5.41, 5.74) is 0.270. The summed E-state index contributed by atoms with van der Waals surface area (Å²) in [6, 6.07) is 0. The quantitative estimate of drug-likeness (QED) is 0.575. The smallest absolute Gasteiger partial charge is 0.168 e. The second-order valence-corrected chi connectivity index (χ2v) is 6.80. The van der Waals surface area contributed by atoms with Crippen molar-refractivity contribution in [2.24, 2.45) is 10.4 Å². The number of aliphatic imine (C=N–C) groups is 1. The lowest BCUT2D eigenvalue weighted by Crippen LogP contribution is -3.14. The molecule has 0 unspecified atom stereocenters. The molecule has 0 saturated carbocycles. The van der Waals surface area contributed by atoms with E-state index in [9.17, 15) is 9.90 Å². The summed E-state index contributed by atoms with van der Waals surface area (Å²) in [4.78, 5) is 17.9. The van der Waals surface area contributed by atoms with E-state index in [1.807, 2.05) is 13.8 Å². The van der Waals surface area contributed by atoms with Crippen LogP contribution in [0.2, 0.25) is 0 Å². The lowest BCUT2D eigenvalue weighted by atomic mass is 9.77. The van der Waals surface area contributed by atoms with Crippen molar-refractivity contribution in [2.45, 2.75) is 33.1 Å². The van der Waals surface area contributed by atoms with Crippen LogP contribution in [0, 0.1) is 5.41 Å². The van der Waals surface area contributed by atoms with Crippen molar-refractivity contribution in [2.75, 3.05) is 39.4 Å². The lowest BCUT2D eigenvalue weighted by Gasteiger charge is -2.28. The van der Waals surface area contributed by atoms with Crippen LogP contribution in [-0.4, -0.2) is 56.5 Å². The molecule has 1 aliphatic carbocycles. The first-order valence-electron chi connectivity index (χ1n) is 7.84. The van der Waals surface area contributed by atoms with E-state index in [1.165, 1.54) is 0 Å².